The van der Waals surface area contributed by atoms with E-state index in [9.17, 15) is 9.00 Å². The maximum atomic E-state index is 12.4. The highest BCUT2D eigenvalue weighted by molar-refractivity contribution is 7.98. The number of aryl methyl sites for hydroxylation is 2. The first-order chi connectivity index (χ1) is 10.9. The number of aromatic nitrogens is 3. The summed E-state index contributed by atoms with van der Waals surface area (Å²) in [6, 6.07) is 1.97. The molecule has 8 heteroatoms. The molecule has 0 spiro atoms. The summed E-state index contributed by atoms with van der Waals surface area (Å²) in [6.45, 7) is 4.01. The number of hydrogen-bond donors (Lipinski definition) is 1. The average Bonchev–Trinajstić information content (AvgIpc) is 2.85. The molecule has 1 aliphatic rings. The van der Waals surface area contributed by atoms with Gasteiger partial charge in [-0.2, -0.15) is 0 Å². The van der Waals surface area contributed by atoms with Crippen LogP contribution in [0.5, 0.6) is 0 Å². The van der Waals surface area contributed by atoms with E-state index in [1.807, 2.05) is 19.9 Å². The molecule has 122 valence electrons. The molecule has 2 aromatic heterocycles. The van der Waals surface area contributed by atoms with E-state index in [0.717, 1.165) is 11.3 Å². The number of rotatable bonds is 3. The van der Waals surface area contributed by atoms with E-state index in [1.54, 1.807) is 6.20 Å². The molecule has 6 nitrogen and oxygen atoms in total. The lowest BCUT2D eigenvalue weighted by atomic mass is 10.1. The molecule has 1 atom stereocenters. The molecule has 0 saturated carbocycles. The van der Waals surface area contributed by atoms with Gasteiger partial charge in [-0.25, -0.2) is 13.6 Å². The molecule has 1 unspecified atom stereocenters. The zero-order chi connectivity index (χ0) is 16.6. The van der Waals surface area contributed by atoms with Gasteiger partial charge in [-0.1, -0.05) is 11.8 Å². The van der Waals surface area contributed by atoms with Crippen molar-refractivity contribution in [1.82, 2.24) is 15.0 Å². The molecule has 0 saturated heterocycles. The molecule has 23 heavy (non-hydrogen) atoms. The fourth-order valence-corrected chi connectivity index (χ4v) is 5.39. The van der Waals surface area contributed by atoms with Gasteiger partial charge in [-0.3, -0.25) is 9.78 Å². The van der Waals surface area contributed by atoms with Gasteiger partial charge in [-0.15, -0.1) is 0 Å². The Labute approximate surface area is 139 Å². The minimum absolute atomic E-state index is 0.201. The fraction of sp³-hybridized carbons (Fsp3) is 0.400. The van der Waals surface area contributed by atoms with Crippen LogP contribution in [0.3, 0.4) is 0 Å². The van der Waals surface area contributed by atoms with Crippen molar-refractivity contribution in [2.45, 2.75) is 36.3 Å². The second-order valence-corrected chi connectivity index (χ2v) is 8.97. The Hall–Kier alpha value is -1.67. The van der Waals surface area contributed by atoms with Crippen LogP contribution in [-0.2, 0) is 27.0 Å². The highest BCUT2D eigenvalue weighted by Crippen LogP contribution is 2.26. The molecule has 3 heterocycles. The van der Waals surface area contributed by atoms with Crippen LogP contribution in [0.4, 0.5) is 0 Å². The molecular formula is C15H18N4O2S2. The fourth-order valence-electron chi connectivity index (χ4n) is 2.56. The van der Waals surface area contributed by atoms with Crippen LogP contribution in [0.15, 0.2) is 26.6 Å². The normalized spacial score (nSPS) is 19.6. The average molecular weight is 350 g/mol. The number of thioether (sulfide) groups is 1. The Bertz CT molecular complexity index is 923. The smallest absolute Gasteiger partial charge is 0.256 e. The van der Waals surface area contributed by atoms with Gasteiger partial charge in [0.1, 0.15) is 0 Å². The van der Waals surface area contributed by atoms with E-state index in [-0.39, 0.29) is 17.1 Å². The van der Waals surface area contributed by atoms with Gasteiger partial charge in [0, 0.05) is 24.7 Å². The van der Waals surface area contributed by atoms with Gasteiger partial charge in [0.05, 0.1) is 32.5 Å². The predicted molar refractivity (Wildman–Crippen MR) is 92.0 cm³/mol. The van der Waals surface area contributed by atoms with Gasteiger partial charge in [0.2, 0.25) is 0 Å². The summed E-state index contributed by atoms with van der Waals surface area (Å²) in [5.41, 5.74) is 4.22. The number of fused-ring (bicyclic) bond motifs is 1. The van der Waals surface area contributed by atoms with Crippen molar-refractivity contribution in [2.75, 3.05) is 7.05 Å². The summed E-state index contributed by atoms with van der Waals surface area (Å²) in [4.78, 5) is 23.8. The number of aromatic amines is 1. The number of nitrogens with zero attached hydrogens (tertiary/aromatic N) is 3. The molecule has 0 amide bonds. The highest BCUT2D eigenvalue weighted by atomic mass is 32.2. The third kappa shape index (κ3) is 3.18. The van der Waals surface area contributed by atoms with Crippen molar-refractivity contribution in [1.29, 1.82) is 0 Å². The van der Waals surface area contributed by atoms with Crippen molar-refractivity contribution in [3.8, 4) is 0 Å². The van der Waals surface area contributed by atoms with Gasteiger partial charge in [0.15, 0.2) is 5.16 Å². The number of nitrogens with one attached hydrogen (secondary N) is 1. The predicted octanol–water partition coefficient (Wildman–Crippen LogP) is 2.19. The van der Waals surface area contributed by atoms with Gasteiger partial charge in [-0.05, 0) is 31.0 Å². The minimum atomic E-state index is -2.35. The minimum Gasteiger partial charge on any atom is -0.301 e. The largest absolute Gasteiger partial charge is 0.301 e. The molecule has 0 radical (unpaired) electrons. The number of H-pyrrole nitrogens is 1. The molecular weight excluding hydrogens is 332 g/mol. The summed E-state index contributed by atoms with van der Waals surface area (Å²) in [7, 11) is -0.814. The van der Waals surface area contributed by atoms with Crippen LogP contribution in [-0.4, -0.2) is 26.2 Å². The summed E-state index contributed by atoms with van der Waals surface area (Å²) in [5.74, 6) is 1.15. The Balaban J connectivity index is 1.87. The van der Waals surface area contributed by atoms with Crippen LogP contribution < -0.4 is 5.56 Å². The first-order valence-corrected chi connectivity index (χ1v) is 10.0. The maximum absolute atomic E-state index is 12.4. The zero-order valence-corrected chi connectivity index (χ0v) is 14.9. The van der Waals surface area contributed by atoms with Crippen molar-refractivity contribution in [3.63, 3.8) is 0 Å². The van der Waals surface area contributed by atoms with Gasteiger partial charge in [0.25, 0.3) is 5.56 Å². The molecule has 1 N–H and O–H groups in total. The van der Waals surface area contributed by atoms with Crippen LogP contribution >= 0.6 is 11.8 Å². The van der Waals surface area contributed by atoms with Crippen molar-refractivity contribution >= 4 is 21.5 Å². The summed E-state index contributed by atoms with van der Waals surface area (Å²) in [6.07, 6.45) is 1.79. The Morgan fingerprint density at radius 3 is 2.87 bits per heavy atom. The Kier molecular flexibility index (Phi) is 4.29. The maximum Gasteiger partial charge on any atom is 0.256 e. The van der Waals surface area contributed by atoms with E-state index in [4.69, 9.17) is 0 Å². The first kappa shape index (κ1) is 16.2. The van der Waals surface area contributed by atoms with E-state index in [0.29, 0.717) is 22.2 Å². The SMILES string of the molecule is CN=S1(=O)Cc2nc(SCc3c(C)ccnc3C)[nH]c(=O)c2C1. The van der Waals surface area contributed by atoms with Crippen LogP contribution in [0.1, 0.15) is 28.1 Å². The van der Waals surface area contributed by atoms with Crippen molar-refractivity contribution < 1.29 is 4.21 Å². The monoisotopic (exact) mass is 350 g/mol. The van der Waals surface area contributed by atoms with Gasteiger partial charge < -0.3 is 4.98 Å². The molecule has 0 bridgehead atoms. The molecule has 1 aliphatic heterocycles. The molecule has 0 aliphatic carbocycles. The lowest BCUT2D eigenvalue weighted by Crippen LogP contribution is -2.15. The quantitative estimate of drug-likeness (QED) is 0.677. The lowest BCUT2D eigenvalue weighted by molar-refractivity contribution is 0.677. The van der Waals surface area contributed by atoms with Crippen molar-refractivity contribution in [3.05, 3.63) is 50.7 Å². The zero-order valence-electron chi connectivity index (χ0n) is 13.3. The van der Waals surface area contributed by atoms with Gasteiger partial charge >= 0.3 is 0 Å². The van der Waals surface area contributed by atoms with E-state index < -0.39 is 9.73 Å². The summed E-state index contributed by atoms with van der Waals surface area (Å²) >= 11 is 1.46. The number of pyridine rings is 1. The highest BCUT2D eigenvalue weighted by Gasteiger charge is 2.27. The Morgan fingerprint density at radius 2 is 2.17 bits per heavy atom. The summed E-state index contributed by atoms with van der Waals surface area (Å²) < 4.78 is 16.3. The molecule has 0 fully saturated rings. The van der Waals surface area contributed by atoms with E-state index in [1.165, 1.54) is 24.4 Å². The van der Waals surface area contributed by atoms with Crippen LogP contribution in [0, 0.1) is 13.8 Å². The molecule has 0 aromatic carbocycles. The lowest BCUT2D eigenvalue weighted by Gasteiger charge is -2.08. The van der Waals surface area contributed by atoms with E-state index in [2.05, 4.69) is 19.3 Å². The van der Waals surface area contributed by atoms with E-state index >= 15 is 0 Å². The standard InChI is InChI=1S/C15H18N4O2S2/c1-9-4-5-17-10(2)11(9)6-22-15-18-13-8-23(21,16-3)7-12(13)14(20)19-15/h4-5H,6-8H2,1-3H3,(H,18,19,20). The third-order valence-electron chi connectivity index (χ3n) is 4.00. The second kappa shape index (κ2) is 6.09. The molecule has 2 aromatic rings. The van der Waals surface area contributed by atoms with Crippen molar-refractivity contribution in [2.24, 2.45) is 4.36 Å². The Morgan fingerprint density at radius 1 is 1.39 bits per heavy atom. The number of hydrogen-bond acceptors (Lipinski definition) is 6. The first-order valence-electron chi connectivity index (χ1n) is 7.18. The van der Waals surface area contributed by atoms with Crippen LogP contribution in [0.25, 0.3) is 0 Å². The van der Waals surface area contributed by atoms with Crippen LogP contribution in [0.2, 0.25) is 0 Å². The summed E-state index contributed by atoms with van der Waals surface area (Å²) in [5, 5.41) is 0.552. The topological polar surface area (TPSA) is 88.1 Å². The third-order valence-corrected chi connectivity index (χ3v) is 7.03. The molecule has 3 rings (SSSR count). The second-order valence-electron chi connectivity index (χ2n) is 5.52.